The molecule has 1 saturated heterocycles. The molecule has 0 aromatic carbocycles. The number of rotatable bonds is 12. The molecule has 10 nitrogen and oxygen atoms in total. The van der Waals surface area contributed by atoms with Gasteiger partial charge in [0.15, 0.2) is 0 Å². The maximum absolute atomic E-state index is 11.8. The maximum atomic E-state index is 11.8. The lowest BCUT2D eigenvalue weighted by atomic mass is 9.93. The Labute approximate surface area is 159 Å². The fourth-order valence-corrected chi connectivity index (χ4v) is 3.48. The van der Waals surface area contributed by atoms with Crippen LogP contribution in [0.2, 0.25) is 0 Å². The van der Waals surface area contributed by atoms with Crippen LogP contribution in [0.3, 0.4) is 0 Å². The Morgan fingerprint density at radius 1 is 1.11 bits per heavy atom. The highest BCUT2D eigenvalue weighted by Crippen LogP contribution is 2.17. The van der Waals surface area contributed by atoms with Gasteiger partial charge in [-0.1, -0.05) is 0 Å². The zero-order valence-electron chi connectivity index (χ0n) is 15.6. The molecule has 1 unspecified atom stereocenters. The van der Waals surface area contributed by atoms with Crippen LogP contribution in [0.15, 0.2) is 0 Å². The minimum atomic E-state index is -3.70. The summed E-state index contributed by atoms with van der Waals surface area (Å²) in [4.78, 5) is 34.6. The highest BCUT2D eigenvalue weighted by molar-refractivity contribution is 7.89. The fraction of sp³-hybridized carbons (Fsp3) is 0.812. The van der Waals surface area contributed by atoms with Gasteiger partial charge in [0, 0.05) is 25.9 Å². The van der Waals surface area contributed by atoms with Crippen molar-refractivity contribution in [1.82, 2.24) is 20.7 Å². The minimum Gasteiger partial charge on any atom is -0.480 e. The monoisotopic (exact) mass is 406 g/mol. The Bertz CT molecular complexity index is 604. The van der Waals surface area contributed by atoms with Crippen LogP contribution in [0.1, 0.15) is 39.0 Å². The third-order valence-corrected chi connectivity index (χ3v) is 5.82. The molecule has 5 N–H and O–H groups in total. The summed E-state index contributed by atoms with van der Waals surface area (Å²) in [5, 5.41) is 17.3. The quantitative estimate of drug-likeness (QED) is 0.272. The third-order valence-electron chi connectivity index (χ3n) is 4.42. The van der Waals surface area contributed by atoms with E-state index in [0.717, 1.165) is 32.4 Å². The zero-order valence-corrected chi connectivity index (χ0v) is 16.4. The van der Waals surface area contributed by atoms with E-state index in [1.54, 1.807) is 0 Å². The topological polar surface area (TPSA) is 154 Å². The molecule has 1 atom stereocenters. The number of carboxylic acids is 1. The maximum Gasteiger partial charge on any atom is 0.323 e. The smallest absolute Gasteiger partial charge is 0.323 e. The van der Waals surface area contributed by atoms with Crippen molar-refractivity contribution in [2.24, 2.45) is 5.92 Å². The van der Waals surface area contributed by atoms with Gasteiger partial charge in [0.2, 0.25) is 21.8 Å². The Morgan fingerprint density at radius 2 is 1.74 bits per heavy atom. The summed E-state index contributed by atoms with van der Waals surface area (Å²) >= 11 is 0. The summed E-state index contributed by atoms with van der Waals surface area (Å²) in [6.07, 6.45) is 3.39. The van der Waals surface area contributed by atoms with Crippen molar-refractivity contribution >= 4 is 27.8 Å². The van der Waals surface area contributed by atoms with Crippen LogP contribution in [-0.2, 0) is 24.4 Å². The van der Waals surface area contributed by atoms with Gasteiger partial charge >= 0.3 is 5.97 Å². The van der Waals surface area contributed by atoms with Crippen molar-refractivity contribution in [2.75, 3.05) is 31.9 Å². The second-order valence-corrected chi connectivity index (χ2v) is 8.59. The molecule has 0 spiro atoms. The number of piperidine rings is 1. The van der Waals surface area contributed by atoms with Crippen LogP contribution in [0.5, 0.6) is 0 Å². The molecule has 11 heteroatoms. The minimum absolute atomic E-state index is 0.00798. The van der Waals surface area contributed by atoms with Gasteiger partial charge in [0.1, 0.15) is 6.04 Å². The first kappa shape index (κ1) is 23.3. The van der Waals surface area contributed by atoms with Gasteiger partial charge in [-0.25, -0.2) is 8.42 Å². The van der Waals surface area contributed by atoms with Crippen LogP contribution in [0, 0.1) is 5.92 Å². The van der Waals surface area contributed by atoms with Crippen molar-refractivity contribution < 1.29 is 27.9 Å². The number of carbonyl (C=O) groups is 3. The van der Waals surface area contributed by atoms with Crippen molar-refractivity contribution in [3.63, 3.8) is 0 Å². The number of nitrogens with one attached hydrogen (secondary N) is 4. The molecule has 1 rings (SSSR count). The largest absolute Gasteiger partial charge is 0.480 e. The van der Waals surface area contributed by atoms with E-state index in [1.165, 1.54) is 6.92 Å². The van der Waals surface area contributed by atoms with Gasteiger partial charge < -0.3 is 21.1 Å². The van der Waals surface area contributed by atoms with Crippen molar-refractivity contribution in [2.45, 2.75) is 45.1 Å². The molecule has 2 amide bonds. The van der Waals surface area contributed by atoms with Crippen LogP contribution < -0.4 is 20.7 Å². The summed E-state index contributed by atoms with van der Waals surface area (Å²) in [6.45, 7) is 3.14. The van der Waals surface area contributed by atoms with E-state index in [0.29, 0.717) is 12.3 Å². The van der Waals surface area contributed by atoms with E-state index in [9.17, 15) is 22.8 Å². The second-order valence-electron chi connectivity index (χ2n) is 6.55. The Hall–Kier alpha value is -1.72. The number of carbonyl (C=O) groups excluding carboxylic acids is 2. The van der Waals surface area contributed by atoms with E-state index in [1.807, 2.05) is 4.72 Å². The molecule has 1 aliphatic rings. The molecule has 1 fully saturated rings. The number of hydrogen-bond donors (Lipinski definition) is 5. The average molecular weight is 407 g/mol. The molecule has 0 aromatic rings. The predicted octanol–water partition coefficient (Wildman–Crippen LogP) is -1.22. The summed E-state index contributed by atoms with van der Waals surface area (Å²) < 4.78 is 24.9. The van der Waals surface area contributed by atoms with Crippen molar-refractivity contribution in [1.29, 1.82) is 0 Å². The molecule has 0 aromatic heterocycles. The summed E-state index contributed by atoms with van der Waals surface area (Å²) in [5.74, 6) is -1.65. The average Bonchev–Trinajstić information content (AvgIpc) is 2.64. The molecule has 0 radical (unpaired) electrons. The summed E-state index contributed by atoms with van der Waals surface area (Å²) in [6, 6.07) is -1.43. The Kier molecular flexibility index (Phi) is 10.3. The zero-order chi connectivity index (χ0) is 20.3. The molecule has 0 saturated carbocycles. The lowest BCUT2D eigenvalue weighted by Gasteiger charge is -2.22. The Balaban J connectivity index is 2.21. The molecule has 1 heterocycles. The first-order chi connectivity index (χ1) is 12.7. The van der Waals surface area contributed by atoms with Crippen molar-refractivity contribution in [3.8, 4) is 0 Å². The van der Waals surface area contributed by atoms with Gasteiger partial charge in [0.25, 0.3) is 0 Å². The molecule has 1 aliphatic heterocycles. The third kappa shape index (κ3) is 10.3. The second kappa shape index (κ2) is 11.9. The fourth-order valence-electron chi connectivity index (χ4n) is 2.69. The molecule has 0 bridgehead atoms. The molecule has 156 valence electrons. The van der Waals surface area contributed by atoms with E-state index >= 15 is 0 Å². The van der Waals surface area contributed by atoms with Gasteiger partial charge in [0.05, 0.1) is 5.75 Å². The van der Waals surface area contributed by atoms with E-state index in [-0.39, 0.29) is 31.2 Å². The first-order valence-electron chi connectivity index (χ1n) is 9.20. The summed E-state index contributed by atoms with van der Waals surface area (Å²) in [5.41, 5.74) is 0. The number of hydrogen-bond acceptors (Lipinski definition) is 6. The number of carboxylic acid groups (broad SMARTS) is 1. The SMILES string of the molecule is CCS(=O)(=O)NC(CNC(=O)CCNC(=O)CCC1CCNCC1)C(=O)O. The van der Waals surface area contributed by atoms with E-state index in [2.05, 4.69) is 16.0 Å². The molecule has 0 aliphatic carbocycles. The van der Waals surface area contributed by atoms with Crippen LogP contribution in [0.25, 0.3) is 0 Å². The molecular weight excluding hydrogens is 376 g/mol. The Morgan fingerprint density at radius 3 is 2.33 bits per heavy atom. The van der Waals surface area contributed by atoms with E-state index in [4.69, 9.17) is 5.11 Å². The van der Waals surface area contributed by atoms with Crippen molar-refractivity contribution in [3.05, 3.63) is 0 Å². The van der Waals surface area contributed by atoms with Gasteiger partial charge in [-0.05, 0) is 45.2 Å². The number of amides is 2. The van der Waals surface area contributed by atoms with E-state index < -0.39 is 27.9 Å². The lowest BCUT2D eigenvalue weighted by Crippen LogP contribution is -2.49. The van der Waals surface area contributed by atoms with Crippen LogP contribution in [-0.4, -0.2) is 69.3 Å². The lowest BCUT2D eigenvalue weighted by molar-refractivity contribution is -0.138. The predicted molar refractivity (Wildman–Crippen MR) is 99.5 cm³/mol. The standard InChI is InChI=1S/C16H30N4O6S/c1-2-27(25,26)20-13(16(23)24)11-19-15(22)7-10-18-14(21)4-3-12-5-8-17-9-6-12/h12-13,17,20H,2-11H2,1H3,(H,18,21)(H,19,22)(H,23,24). The number of sulfonamides is 1. The van der Waals surface area contributed by atoms with Crippen LogP contribution in [0.4, 0.5) is 0 Å². The number of aliphatic carboxylic acids is 1. The van der Waals surface area contributed by atoms with Gasteiger partial charge in [-0.15, -0.1) is 0 Å². The highest BCUT2D eigenvalue weighted by Gasteiger charge is 2.23. The normalized spacial score (nSPS) is 16.5. The highest BCUT2D eigenvalue weighted by atomic mass is 32.2. The first-order valence-corrected chi connectivity index (χ1v) is 10.9. The summed E-state index contributed by atoms with van der Waals surface area (Å²) in [7, 11) is -3.70. The molecular formula is C16H30N4O6S. The van der Waals surface area contributed by atoms with Gasteiger partial charge in [-0.2, -0.15) is 4.72 Å². The molecule has 27 heavy (non-hydrogen) atoms. The van der Waals surface area contributed by atoms with Gasteiger partial charge in [-0.3, -0.25) is 14.4 Å². The van der Waals surface area contributed by atoms with Crippen LogP contribution >= 0.6 is 0 Å².